The van der Waals surface area contributed by atoms with Crippen LogP contribution in [0, 0.1) is 5.41 Å². The number of nitrogens with one attached hydrogen (secondary N) is 6. The minimum Gasteiger partial charge on any atom is -0.384 e. The molecule has 20 nitrogen and oxygen atoms in total. The van der Waals surface area contributed by atoms with Gasteiger partial charge in [0.05, 0.1) is 105 Å². The summed E-state index contributed by atoms with van der Waals surface area (Å²) in [4.78, 5) is 47.0. The summed E-state index contributed by atoms with van der Waals surface area (Å²) in [7, 11) is 0. The normalized spacial score (nSPS) is 11.2. The van der Waals surface area contributed by atoms with E-state index in [4.69, 9.17) is 54.8 Å². The Labute approximate surface area is 388 Å². The third kappa shape index (κ3) is 36.6. The lowest BCUT2D eigenvalue weighted by Crippen LogP contribution is -2.44. The monoisotopic (exact) mass is 939 g/mol. The van der Waals surface area contributed by atoms with Gasteiger partial charge in [0.2, 0.25) is 23.6 Å². The highest BCUT2D eigenvalue weighted by molar-refractivity contribution is 7.96. The topological polar surface area (TPSA) is 278 Å². The van der Waals surface area contributed by atoms with Crippen molar-refractivity contribution in [1.29, 1.82) is 5.41 Å². The predicted octanol–water partition coefficient (Wildman–Crippen LogP) is 0.640. The average molecular weight is 939 g/mol. The van der Waals surface area contributed by atoms with Gasteiger partial charge >= 0.3 is 0 Å². The SMILES string of the molecule is CC(NSCc1ccccc1)C(=O)NCC(=O)NCc1ccc(C(=N)N)cc1.CCCCNC(=O)COCC(=O)NCCOCCOCCOCCOCCOCCOCCOCCN. The Bertz CT molecular complexity index is 1520. The van der Waals surface area contributed by atoms with Crippen molar-refractivity contribution in [1.82, 2.24) is 26.0 Å². The van der Waals surface area contributed by atoms with Crippen LogP contribution in [0.3, 0.4) is 0 Å². The molecule has 65 heavy (non-hydrogen) atoms. The second-order valence-corrected chi connectivity index (χ2v) is 14.7. The number of amidine groups is 1. The van der Waals surface area contributed by atoms with E-state index < -0.39 is 6.04 Å². The molecule has 1 atom stereocenters. The number of hydrogen-bond donors (Lipinski definition) is 8. The summed E-state index contributed by atoms with van der Waals surface area (Å²) in [5.41, 5.74) is 13.4. The van der Waals surface area contributed by atoms with Crippen molar-refractivity contribution in [3.63, 3.8) is 0 Å². The third-order valence-electron chi connectivity index (χ3n) is 8.29. The summed E-state index contributed by atoms with van der Waals surface area (Å²) >= 11 is 1.45. The molecular formula is C44H74N8O12S. The lowest BCUT2D eigenvalue weighted by atomic mass is 10.1. The van der Waals surface area contributed by atoms with E-state index in [2.05, 4.69) is 26.0 Å². The fourth-order valence-electron chi connectivity index (χ4n) is 4.77. The van der Waals surface area contributed by atoms with Crippen LogP contribution in [-0.4, -0.2) is 167 Å². The van der Waals surface area contributed by atoms with Crippen molar-refractivity contribution >= 4 is 41.4 Å². The number of unbranched alkanes of at least 4 members (excludes halogenated alkanes) is 1. The smallest absolute Gasteiger partial charge is 0.246 e. The lowest BCUT2D eigenvalue weighted by Gasteiger charge is -2.13. The highest BCUT2D eigenvalue weighted by Gasteiger charge is 2.13. The van der Waals surface area contributed by atoms with Crippen molar-refractivity contribution in [3.05, 3.63) is 71.3 Å². The predicted molar refractivity (Wildman–Crippen MR) is 249 cm³/mol. The molecule has 0 aromatic heterocycles. The number of hydrogen-bond acceptors (Lipinski definition) is 16. The van der Waals surface area contributed by atoms with E-state index >= 15 is 0 Å². The van der Waals surface area contributed by atoms with Crippen LogP contribution in [0.1, 0.15) is 43.4 Å². The van der Waals surface area contributed by atoms with Crippen molar-refractivity contribution in [3.8, 4) is 0 Å². The summed E-state index contributed by atoms with van der Waals surface area (Å²) in [6.07, 6.45) is 1.93. The molecule has 0 aliphatic rings. The standard InChI is InChI=1S/C24H49N3O10.C20H25N5O2S/c1-2-3-5-26-23(28)21-37-22-24(29)27-6-8-31-10-12-33-14-16-35-18-20-36-19-17-34-15-13-32-11-9-30-7-4-25;1-14(25-28-13-16-5-3-2-4-6-16)20(27)24-12-18(26)23-11-15-7-9-17(10-8-15)19(21)22/h2-22,25H2,1H3,(H,26,28)(H,27,29);2-10,14,25H,11-13H2,1H3,(H3,21,22)(H,23,26)(H,24,27). The molecule has 0 radical (unpaired) electrons. The Morgan fingerprint density at radius 3 is 1.58 bits per heavy atom. The maximum atomic E-state index is 12.1. The first-order valence-electron chi connectivity index (χ1n) is 21.9. The molecule has 0 fully saturated rings. The van der Waals surface area contributed by atoms with Gasteiger partial charge in [-0.25, -0.2) is 0 Å². The van der Waals surface area contributed by atoms with Crippen molar-refractivity contribution in [2.75, 3.05) is 132 Å². The fraction of sp³-hybridized carbons (Fsp3) is 0.614. The number of rotatable bonds is 40. The molecule has 0 spiro atoms. The Balaban J connectivity index is 0.000000673. The molecule has 0 saturated carbocycles. The van der Waals surface area contributed by atoms with Crippen LogP contribution in [-0.2, 0) is 69.4 Å². The third-order valence-corrected chi connectivity index (χ3v) is 9.29. The average Bonchev–Trinajstić information content (AvgIpc) is 3.31. The Morgan fingerprint density at radius 1 is 0.600 bits per heavy atom. The lowest BCUT2D eigenvalue weighted by molar-refractivity contribution is -0.131. The molecule has 2 aromatic carbocycles. The maximum Gasteiger partial charge on any atom is 0.246 e. The zero-order chi connectivity index (χ0) is 47.4. The van der Waals surface area contributed by atoms with Gasteiger partial charge in [-0.2, -0.15) is 0 Å². The number of benzene rings is 2. The molecule has 21 heteroatoms. The van der Waals surface area contributed by atoms with E-state index in [0.717, 1.165) is 24.2 Å². The first-order chi connectivity index (χ1) is 31.7. The number of carbonyl (C=O) groups is 4. The zero-order valence-corrected chi connectivity index (χ0v) is 39.0. The van der Waals surface area contributed by atoms with Crippen LogP contribution >= 0.6 is 11.9 Å². The molecule has 0 aliphatic heterocycles. The summed E-state index contributed by atoms with van der Waals surface area (Å²) in [6.45, 7) is 12.1. The van der Waals surface area contributed by atoms with Crippen LogP contribution in [0.2, 0.25) is 0 Å². The van der Waals surface area contributed by atoms with Gasteiger partial charge in [-0.15, -0.1) is 0 Å². The van der Waals surface area contributed by atoms with E-state index in [1.165, 1.54) is 17.5 Å². The van der Waals surface area contributed by atoms with E-state index in [1.807, 2.05) is 37.3 Å². The van der Waals surface area contributed by atoms with E-state index in [0.29, 0.717) is 124 Å². The van der Waals surface area contributed by atoms with Gasteiger partial charge in [-0.3, -0.25) is 29.3 Å². The second kappa shape index (κ2) is 42.4. The summed E-state index contributed by atoms with van der Waals surface area (Å²) < 4.78 is 45.7. The molecule has 0 bridgehead atoms. The number of amides is 4. The highest BCUT2D eigenvalue weighted by atomic mass is 32.2. The van der Waals surface area contributed by atoms with Gasteiger partial charge < -0.3 is 70.6 Å². The fourth-order valence-corrected chi connectivity index (χ4v) is 5.57. The van der Waals surface area contributed by atoms with Crippen molar-refractivity contribution in [2.45, 2.75) is 45.0 Å². The largest absolute Gasteiger partial charge is 0.384 e. The molecule has 0 saturated heterocycles. The van der Waals surface area contributed by atoms with Gasteiger partial charge in [-0.05, 0) is 24.5 Å². The van der Waals surface area contributed by atoms with Gasteiger partial charge in [-0.1, -0.05) is 79.9 Å². The molecule has 10 N–H and O–H groups in total. The van der Waals surface area contributed by atoms with E-state index in [1.54, 1.807) is 31.2 Å². The summed E-state index contributed by atoms with van der Waals surface area (Å²) in [5, 5.41) is 18.1. The molecule has 4 amide bonds. The Hall–Kier alpha value is -4.26. The number of nitrogens with two attached hydrogens (primary N) is 2. The van der Waals surface area contributed by atoms with Gasteiger partial charge in [0.1, 0.15) is 19.0 Å². The van der Waals surface area contributed by atoms with Gasteiger partial charge in [0.15, 0.2) is 0 Å². The van der Waals surface area contributed by atoms with Crippen LogP contribution in [0.15, 0.2) is 54.6 Å². The molecule has 2 rings (SSSR count). The highest BCUT2D eigenvalue weighted by Crippen LogP contribution is 2.09. The summed E-state index contributed by atoms with van der Waals surface area (Å²) in [6, 6.07) is 16.6. The van der Waals surface area contributed by atoms with E-state index in [-0.39, 0.29) is 49.2 Å². The van der Waals surface area contributed by atoms with Crippen LogP contribution in [0.5, 0.6) is 0 Å². The molecule has 2 aromatic rings. The van der Waals surface area contributed by atoms with Crippen LogP contribution < -0.4 is 37.5 Å². The zero-order valence-electron chi connectivity index (χ0n) is 38.2. The summed E-state index contributed by atoms with van der Waals surface area (Å²) in [5.74, 6) is -0.261. The Kier molecular flexibility index (Phi) is 38.3. The molecule has 368 valence electrons. The molecule has 0 heterocycles. The van der Waals surface area contributed by atoms with Gasteiger partial charge in [0, 0.05) is 37.5 Å². The molecule has 0 aliphatic carbocycles. The molecular weight excluding hydrogens is 865 g/mol. The number of ether oxygens (including phenoxy) is 8. The first-order valence-corrected chi connectivity index (χ1v) is 22.9. The van der Waals surface area contributed by atoms with Crippen molar-refractivity contribution in [2.24, 2.45) is 11.5 Å². The van der Waals surface area contributed by atoms with Crippen LogP contribution in [0.25, 0.3) is 0 Å². The van der Waals surface area contributed by atoms with Crippen molar-refractivity contribution < 1.29 is 57.1 Å². The molecule has 1 unspecified atom stereocenters. The quantitative estimate of drug-likeness (QED) is 0.0197. The van der Waals surface area contributed by atoms with Gasteiger partial charge in [0.25, 0.3) is 0 Å². The minimum absolute atomic E-state index is 0.00274. The van der Waals surface area contributed by atoms with Crippen LogP contribution in [0.4, 0.5) is 0 Å². The minimum atomic E-state index is -0.416. The number of nitrogen functional groups attached to an aromatic ring is 1. The maximum absolute atomic E-state index is 12.1. The number of carbonyl (C=O) groups excluding carboxylic acids is 4. The first kappa shape index (κ1) is 58.8. The Morgan fingerprint density at radius 2 is 1.09 bits per heavy atom. The van der Waals surface area contributed by atoms with E-state index in [9.17, 15) is 19.2 Å². The second-order valence-electron chi connectivity index (χ2n) is 13.8.